The summed E-state index contributed by atoms with van der Waals surface area (Å²) in [7, 11) is 0.792. The molecule has 1 saturated heterocycles. The van der Waals surface area contributed by atoms with Gasteiger partial charge in [0.15, 0.2) is 17.2 Å². The molecular weight excluding hydrogens is 294 g/mol. The number of hydrogen-bond donors (Lipinski definition) is 0. The van der Waals surface area contributed by atoms with Crippen LogP contribution >= 0.6 is 0 Å². The Balaban J connectivity index is 2.73. The molecule has 20 heavy (non-hydrogen) atoms. The van der Waals surface area contributed by atoms with Gasteiger partial charge in [-0.25, -0.2) is 0 Å². The van der Waals surface area contributed by atoms with E-state index in [1.54, 1.807) is 0 Å². The summed E-state index contributed by atoms with van der Waals surface area (Å²) in [5.41, 5.74) is -4.33. The van der Waals surface area contributed by atoms with Crippen molar-refractivity contribution < 1.29 is 35.8 Å². The van der Waals surface area contributed by atoms with E-state index >= 15 is 0 Å². The molecule has 0 amide bonds. The maximum absolute atomic E-state index is 13.0. The Morgan fingerprint density at radius 3 is 1.95 bits per heavy atom. The van der Waals surface area contributed by atoms with E-state index in [2.05, 4.69) is 5.10 Å². The predicted octanol–water partition coefficient (Wildman–Crippen LogP) is 2.68. The zero-order chi connectivity index (χ0) is 15.3. The lowest BCUT2D eigenvalue weighted by Crippen LogP contribution is -2.29. The molecule has 10 heteroatoms. The van der Waals surface area contributed by atoms with E-state index in [0.29, 0.717) is 0 Å². The highest BCUT2D eigenvalue weighted by Crippen LogP contribution is 2.46. The predicted molar refractivity (Wildman–Crippen MR) is 52.5 cm³/mol. The fourth-order valence-corrected chi connectivity index (χ4v) is 2.14. The molecule has 0 atom stereocenters. The van der Waals surface area contributed by atoms with Crippen LogP contribution in [0.3, 0.4) is 0 Å². The quantitative estimate of drug-likeness (QED) is 0.748. The van der Waals surface area contributed by atoms with Gasteiger partial charge in [-0.05, 0) is 6.92 Å². The molecule has 0 aromatic carbocycles. The summed E-state index contributed by atoms with van der Waals surface area (Å²) in [4.78, 5) is 0. The minimum absolute atomic E-state index is 0.0972. The van der Waals surface area contributed by atoms with Gasteiger partial charge in [-0.2, -0.15) is 31.4 Å². The second-order valence-corrected chi connectivity index (χ2v) is 4.33. The van der Waals surface area contributed by atoms with E-state index in [1.807, 2.05) is 0 Å². The second kappa shape index (κ2) is 4.35. The Bertz CT molecular complexity index is 513. The fraction of sp³-hybridized carbons (Fsp3) is 0.700. The van der Waals surface area contributed by atoms with Crippen molar-refractivity contribution in [3.8, 4) is 0 Å². The van der Waals surface area contributed by atoms with E-state index in [1.165, 1.54) is 0 Å². The van der Waals surface area contributed by atoms with Crippen molar-refractivity contribution in [2.24, 2.45) is 7.05 Å². The fourth-order valence-electron chi connectivity index (χ4n) is 2.14. The van der Waals surface area contributed by atoms with Crippen LogP contribution in [0.5, 0.6) is 0 Å². The number of aryl methyl sites for hydroxylation is 1. The third-order valence-electron chi connectivity index (χ3n) is 2.88. The Morgan fingerprint density at radius 1 is 1.05 bits per heavy atom. The molecule has 0 aliphatic carbocycles. The molecule has 0 bridgehead atoms. The minimum atomic E-state index is -5.05. The maximum Gasteiger partial charge on any atom is 0.435 e. The SMILES string of the molecule is Cn1nc(C(F)(F)F)c(C2(C)OCCO2)c1C(F)(F)F. The molecule has 1 aromatic rings. The van der Waals surface area contributed by atoms with Crippen LogP contribution in [-0.2, 0) is 34.7 Å². The first-order chi connectivity index (χ1) is 8.97. The van der Waals surface area contributed by atoms with Crippen LogP contribution in [0.2, 0.25) is 0 Å². The number of hydrogen-bond acceptors (Lipinski definition) is 3. The second-order valence-electron chi connectivity index (χ2n) is 4.33. The monoisotopic (exact) mass is 304 g/mol. The molecule has 0 spiro atoms. The standard InChI is InChI=1S/C10H10F6N2O2/c1-8(19-3-4-20-8)5-6(9(11,12)13)17-18(2)7(5)10(14,15)16/h3-4H2,1-2H3. The number of nitrogens with zero attached hydrogens (tertiary/aromatic N) is 2. The molecule has 0 unspecified atom stereocenters. The molecule has 1 aliphatic rings. The summed E-state index contributed by atoms with van der Waals surface area (Å²) in [6.07, 6.45) is -10.1. The third kappa shape index (κ3) is 2.37. The van der Waals surface area contributed by atoms with E-state index in [0.717, 1.165) is 14.0 Å². The Hall–Kier alpha value is -1.29. The van der Waals surface area contributed by atoms with E-state index in [9.17, 15) is 26.3 Å². The number of ether oxygens (including phenoxy) is 2. The Labute approximate surface area is 109 Å². The molecule has 0 N–H and O–H groups in total. The van der Waals surface area contributed by atoms with Gasteiger partial charge < -0.3 is 9.47 Å². The van der Waals surface area contributed by atoms with E-state index < -0.39 is 35.1 Å². The zero-order valence-electron chi connectivity index (χ0n) is 10.4. The summed E-state index contributed by atoms with van der Waals surface area (Å²) in [6.45, 7) is 0.821. The topological polar surface area (TPSA) is 36.3 Å². The largest absolute Gasteiger partial charge is 0.435 e. The molecule has 1 fully saturated rings. The van der Waals surface area contributed by atoms with E-state index in [-0.39, 0.29) is 17.9 Å². The average Bonchev–Trinajstić information content (AvgIpc) is 2.80. The van der Waals surface area contributed by atoms with Crippen LogP contribution in [-0.4, -0.2) is 23.0 Å². The van der Waals surface area contributed by atoms with Crippen molar-refractivity contribution in [1.82, 2.24) is 9.78 Å². The van der Waals surface area contributed by atoms with Gasteiger partial charge in [0.2, 0.25) is 0 Å². The molecule has 0 saturated carbocycles. The van der Waals surface area contributed by atoms with Gasteiger partial charge >= 0.3 is 12.4 Å². The van der Waals surface area contributed by atoms with Gasteiger partial charge in [-0.3, -0.25) is 4.68 Å². The van der Waals surface area contributed by atoms with Gasteiger partial charge in [0.1, 0.15) is 0 Å². The van der Waals surface area contributed by atoms with Crippen molar-refractivity contribution in [1.29, 1.82) is 0 Å². The highest BCUT2D eigenvalue weighted by atomic mass is 19.4. The van der Waals surface area contributed by atoms with E-state index in [4.69, 9.17) is 9.47 Å². The summed E-state index contributed by atoms with van der Waals surface area (Å²) in [5, 5.41) is 2.95. The normalized spacial score (nSPS) is 19.6. The van der Waals surface area contributed by atoms with Gasteiger partial charge in [0, 0.05) is 7.05 Å². The highest BCUT2D eigenvalue weighted by Gasteiger charge is 2.53. The van der Waals surface area contributed by atoms with Crippen LogP contribution < -0.4 is 0 Å². The van der Waals surface area contributed by atoms with Crippen molar-refractivity contribution in [2.45, 2.75) is 25.1 Å². The summed E-state index contributed by atoms with van der Waals surface area (Å²) in [5.74, 6) is -2.12. The molecule has 1 aliphatic heterocycles. The Kier molecular flexibility index (Phi) is 3.29. The van der Waals surface area contributed by atoms with Crippen LogP contribution in [0.15, 0.2) is 0 Å². The van der Waals surface area contributed by atoms with Crippen LogP contribution in [0, 0.1) is 0 Å². The van der Waals surface area contributed by atoms with Crippen molar-refractivity contribution in [3.63, 3.8) is 0 Å². The molecular formula is C10H10F6N2O2. The maximum atomic E-state index is 13.0. The number of alkyl halides is 6. The summed E-state index contributed by atoms with van der Waals surface area (Å²) in [6, 6.07) is 0. The molecule has 114 valence electrons. The first-order valence-electron chi connectivity index (χ1n) is 5.46. The summed E-state index contributed by atoms with van der Waals surface area (Å²) >= 11 is 0. The molecule has 2 heterocycles. The number of rotatable bonds is 1. The number of halogens is 6. The lowest BCUT2D eigenvalue weighted by atomic mass is 10.0. The van der Waals surface area contributed by atoms with Gasteiger partial charge in [-0.1, -0.05) is 0 Å². The first-order valence-corrected chi connectivity index (χ1v) is 5.46. The average molecular weight is 304 g/mol. The third-order valence-corrected chi connectivity index (χ3v) is 2.88. The lowest BCUT2D eigenvalue weighted by molar-refractivity contribution is -0.178. The lowest BCUT2D eigenvalue weighted by Gasteiger charge is -2.25. The molecule has 1 aromatic heterocycles. The summed E-state index contributed by atoms with van der Waals surface area (Å²) < 4.78 is 87.7. The van der Waals surface area contributed by atoms with Crippen LogP contribution in [0.4, 0.5) is 26.3 Å². The van der Waals surface area contributed by atoms with Gasteiger partial charge in [0.25, 0.3) is 0 Å². The molecule has 4 nitrogen and oxygen atoms in total. The molecule has 2 rings (SSSR count). The Morgan fingerprint density at radius 2 is 1.55 bits per heavy atom. The van der Waals surface area contributed by atoms with Crippen molar-refractivity contribution in [3.05, 3.63) is 17.0 Å². The highest BCUT2D eigenvalue weighted by molar-refractivity contribution is 5.35. The number of aromatic nitrogens is 2. The molecule has 0 radical (unpaired) electrons. The minimum Gasteiger partial charge on any atom is -0.344 e. The van der Waals surface area contributed by atoms with Gasteiger partial charge in [-0.15, -0.1) is 0 Å². The van der Waals surface area contributed by atoms with Crippen LogP contribution in [0.1, 0.15) is 23.9 Å². The smallest absolute Gasteiger partial charge is 0.344 e. The first kappa shape index (κ1) is 15.1. The van der Waals surface area contributed by atoms with Crippen molar-refractivity contribution in [2.75, 3.05) is 13.2 Å². The van der Waals surface area contributed by atoms with Crippen LogP contribution in [0.25, 0.3) is 0 Å². The van der Waals surface area contributed by atoms with Gasteiger partial charge in [0.05, 0.1) is 18.8 Å². The van der Waals surface area contributed by atoms with Crippen molar-refractivity contribution >= 4 is 0 Å². The zero-order valence-corrected chi connectivity index (χ0v) is 10.4.